The number of aromatic nitrogens is 1. The number of thiazole rings is 1. The molecule has 4 unspecified atom stereocenters. The summed E-state index contributed by atoms with van der Waals surface area (Å²) >= 11 is 1.66. The zero-order valence-electron chi connectivity index (χ0n) is 24.4. The molecule has 4 atom stereocenters. The third kappa shape index (κ3) is 6.83. The molecular formula is C31H48N4OS. The van der Waals surface area contributed by atoms with Crippen molar-refractivity contribution in [3.8, 4) is 10.4 Å². The van der Waals surface area contributed by atoms with Crippen molar-refractivity contribution in [2.75, 3.05) is 6.54 Å². The highest BCUT2D eigenvalue weighted by molar-refractivity contribution is 7.13. The zero-order valence-corrected chi connectivity index (χ0v) is 25.2. The Morgan fingerprint density at radius 2 is 1.86 bits per heavy atom. The van der Waals surface area contributed by atoms with Gasteiger partial charge in [0.15, 0.2) is 0 Å². The summed E-state index contributed by atoms with van der Waals surface area (Å²) < 4.78 is 0. The number of nitrogens with one attached hydrogen (secondary N) is 1. The molecule has 0 bridgehead atoms. The quantitative estimate of drug-likeness (QED) is 0.367. The molecule has 0 radical (unpaired) electrons. The van der Waals surface area contributed by atoms with Gasteiger partial charge in [-0.15, -0.1) is 11.3 Å². The molecule has 1 saturated heterocycles. The predicted octanol–water partition coefficient (Wildman–Crippen LogP) is 7.09. The first-order chi connectivity index (χ1) is 17.3. The Morgan fingerprint density at radius 1 is 1.22 bits per heavy atom. The van der Waals surface area contributed by atoms with Crippen molar-refractivity contribution in [3.63, 3.8) is 0 Å². The van der Waals surface area contributed by atoms with Crippen LogP contribution in [0.25, 0.3) is 10.4 Å². The van der Waals surface area contributed by atoms with Crippen LogP contribution in [0.2, 0.25) is 0 Å². The van der Waals surface area contributed by atoms with Crippen LogP contribution in [0.3, 0.4) is 0 Å². The highest BCUT2D eigenvalue weighted by atomic mass is 32.1. The molecule has 1 amide bonds. The summed E-state index contributed by atoms with van der Waals surface area (Å²) in [4.78, 5) is 21.6. The summed E-state index contributed by atoms with van der Waals surface area (Å²) in [6.45, 7) is 20.6. The van der Waals surface area contributed by atoms with E-state index in [0.29, 0.717) is 0 Å². The van der Waals surface area contributed by atoms with Crippen LogP contribution in [0.5, 0.6) is 0 Å². The number of amides is 1. The number of carbonyl (C=O) groups excluding carboxylic acids is 1. The third-order valence-electron chi connectivity index (χ3n) is 8.00. The lowest BCUT2D eigenvalue weighted by Gasteiger charge is -2.46. The van der Waals surface area contributed by atoms with E-state index in [1.165, 1.54) is 16.1 Å². The minimum atomic E-state index is -0.319. The first kappa shape index (κ1) is 29.4. The molecule has 1 aliphatic rings. The van der Waals surface area contributed by atoms with Crippen molar-refractivity contribution < 1.29 is 4.79 Å². The molecule has 0 spiro atoms. The largest absolute Gasteiger partial charge is 0.363 e. The van der Waals surface area contributed by atoms with E-state index in [9.17, 15) is 4.79 Å². The Labute approximate surface area is 228 Å². The first-order valence-corrected chi connectivity index (χ1v) is 14.7. The van der Waals surface area contributed by atoms with Gasteiger partial charge in [-0.1, -0.05) is 65.0 Å². The van der Waals surface area contributed by atoms with Gasteiger partial charge < -0.3 is 16.0 Å². The minimum Gasteiger partial charge on any atom is -0.363 e. The van der Waals surface area contributed by atoms with Crippen molar-refractivity contribution in [2.45, 2.75) is 99.2 Å². The molecule has 0 aliphatic carbocycles. The molecule has 2 heterocycles. The fourth-order valence-electron chi connectivity index (χ4n) is 5.75. The van der Waals surface area contributed by atoms with Crippen molar-refractivity contribution in [1.29, 1.82) is 0 Å². The lowest BCUT2D eigenvalue weighted by Crippen LogP contribution is -2.51. The molecule has 3 rings (SSSR count). The Kier molecular flexibility index (Phi) is 9.28. The maximum Gasteiger partial charge on any atom is 0.243 e. The van der Waals surface area contributed by atoms with Crippen LogP contribution < -0.4 is 11.1 Å². The molecular weight excluding hydrogens is 476 g/mol. The van der Waals surface area contributed by atoms with Crippen molar-refractivity contribution in [1.82, 2.24) is 15.2 Å². The summed E-state index contributed by atoms with van der Waals surface area (Å²) in [6.07, 6.45) is 5.17. The zero-order chi connectivity index (χ0) is 27.5. The normalized spacial score (nSPS) is 19.6. The lowest BCUT2D eigenvalue weighted by atomic mass is 9.66. The van der Waals surface area contributed by atoms with Gasteiger partial charge >= 0.3 is 0 Å². The van der Waals surface area contributed by atoms with E-state index in [4.69, 9.17) is 5.73 Å². The van der Waals surface area contributed by atoms with Crippen molar-refractivity contribution >= 4 is 17.2 Å². The standard InChI is InChI=1S/C31H48N4OS/c1-10-12-25(27(30(5,6)7)20(2)31(8,9)32)35-18-11-13-26(35)29(36)34-21(3)23-14-16-24(17-15-23)28-22(4)33-19-37-28/h12,14-17,19-21,26-27H,10-11,13,18,32H2,1-9H3,(H,34,36)/b25-12-. The Hall–Kier alpha value is -2.18. The number of nitrogens with zero attached hydrogens (tertiary/aromatic N) is 2. The van der Waals surface area contributed by atoms with Crippen LogP contribution in [0.4, 0.5) is 0 Å². The minimum absolute atomic E-state index is 0.0200. The second-order valence-electron chi connectivity index (χ2n) is 12.5. The smallest absolute Gasteiger partial charge is 0.243 e. The maximum absolute atomic E-state index is 13.7. The molecule has 6 heteroatoms. The number of hydrogen-bond acceptors (Lipinski definition) is 5. The number of aryl methyl sites for hydroxylation is 1. The molecule has 1 fully saturated rings. The summed E-state index contributed by atoms with van der Waals surface area (Å²) in [5.41, 5.74) is 12.9. The lowest BCUT2D eigenvalue weighted by molar-refractivity contribution is -0.125. The van der Waals surface area contributed by atoms with Gasteiger partial charge in [0.05, 0.1) is 22.1 Å². The highest BCUT2D eigenvalue weighted by Gasteiger charge is 2.43. The van der Waals surface area contributed by atoms with Gasteiger partial charge in [-0.2, -0.15) is 0 Å². The van der Waals surface area contributed by atoms with Gasteiger partial charge in [0.25, 0.3) is 0 Å². The van der Waals surface area contributed by atoms with Crippen molar-refractivity contribution in [3.05, 3.63) is 52.8 Å². The van der Waals surface area contributed by atoms with E-state index in [-0.39, 0.29) is 40.8 Å². The second kappa shape index (κ2) is 11.7. The van der Waals surface area contributed by atoms with E-state index >= 15 is 0 Å². The van der Waals surface area contributed by atoms with Crippen LogP contribution in [0.1, 0.15) is 92.0 Å². The first-order valence-electron chi connectivity index (χ1n) is 13.8. The van der Waals surface area contributed by atoms with Gasteiger partial charge in [0.2, 0.25) is 5.91 Å². The van der Waals surface area contributed by atoms with Crippen LogP contribution in [0.15, 0.2) is 41.5 Å². The molecule has 5 nitrogen and oxygen atoms in total. The molecule has 2 aromatic rings. The Morgan fingerprint density at radius 3 is 2.38 bits per heavy atom. The van der Waals surface area contributed by atoms with Crippen LogP contribution in [-0.4, -0.2) is 33.9 Å². The maximum atomic E-state index is 13.7. The van der Waals surface area contributed by atoms with Crippen LogP contribution in [0, 0.1) is 24.2 Å². The number of rotatable bonds is 9. The summed E-state index contributed by atoms with van der Waals surface area (Å²) in [5, 5.41) is 3.33. The number of nitrogens with two attached hydrogens (primary N) is 1. The molecule has 1 aromatic heterocycles. The Bertz CT molecular complexity index is 1070. The Balaban J connectivity index is 1.80. The monoisotopic (exact) mass is 524 g/mol. The average molecular weight is 525 g/mol. The van der Waals surface area contributed by atoms with E-state index in [0.717, 1.165) is 37.1 Å². The average Bonchev–Trinajstić information content (AvgIpc) is 3.46. The van der Waals surface area contributed by atoms with Gasteiger partial charge in [-0.05, 0) is 69.4 Å². The summed E-state index contributed by atoms with van der Waals surface area (Å²) in [6, 6.07) is 8.28. The van der Waals surface area contributed by atoms with Crippen molar-refractivity contribution in [2.24, 2.45) is 23.0 Å². The molecule has 1 aliphatic heterocycles. The van der Waals surface area contributed by atoms with E-state index < -0.39 is 0 Å². The number of allylic oxidation sites excluding steroid dienone is 2. The highest BCUT2D eigenvalue weighted by Crippen LogP contribution is 2.44. The third-order valence-corrected chi connectivity index (χ3v) is 8.98. The molecule has 3 N–H and O–H groups in total. The SMILES string of the molecule is CC/C=C(/C(C(C)C(C)(C)N)C(C)(C)C)N1CCCC1C(=O)NC(C)c1ccc(-c2scnc2C)cc1. The molecule has 1 aromatic carbocycles. The van der Waals surface area contributed by atoms with E-state index in [1.807, 2.05) is 12.4 Å². The molecule has 204 valence electrons. The topological polar surface area (TPSA) is 71.2 Å². The number of carbonyl (C=O) groups is 1. The fourth-order valence-corrected chi connectivity index (χ4v) is 6.57. The summed E-state index contributed by atoms with van der Waals surface area (Å²) in [7, 11) is 0. The van der Waals surface area contributed by atoms with Gasteiger partial charge in [-0.3, -0.25) is 4.79 Å². The van der Waals surface area contributed by atoms with Gasteiger partial charge in [0.1, 0.15) is 6.04 Å². The molecule has 0 saturated carbocycles. The van der Waals surface area contributed by atoms with E-state index in [2.05, 4.69) is 101 Å². The van der Waals surface area contributed by atoms with E-state index in [1.54, 1.807) is 11.3 Å². The second-order valence-corrected chi connectivity index (χ2v) is 13.3. The molecule has 37 heavy (non-hydrogen) atoms. The number of likely N-dealkylation sites (tertiary alicyclic amines) is 1. The van der Waals surface area contributed by atoms with Gasteiger partial charge in [0, 0.05) is 23.7 Å². The number of benzene rings is 1. The summed E-state index contributed by atoms with van der Waals surface area (Å²) in [5.74, 6) is 0.622. The predicted molar refractivity (Wildman–Crippen MR) is 157 cm³/mol. The number of hydrogen-bond donors (Lipinski definition) is 2. The fraction of sp³-hybridized carbons (Fsp3) is 0.613. The van der Waals surface area contributed by atoms with Crippen LogP contribution >= 0.6 is 11.3 Å². The van der Waals surface area contributed by atoms with Gasteiger partial charge in [-0.25, -0.2) is 4.98 Å². The van der Waals surface area contributed by atoms with Crippen LogP contribution in [-0.2, 0) is 4.79 Å².